The summed E-state index contributed by atoms with van der Waals surface area (Å²) in [6.07, 6.45) is 10.1. The molecule has 0 spiro atoms. The first kappa shape index (κ1) is 20.8. The van der Waals surface area contributed by atoms with Crippen molar-refractivity contribution < 1.29 is 9.18 Å². The Balaban J connectivity index is 1.43. The van der Waals surface area contributed by atoms with E-state index in [9.17, 15) is 4.79 Å². The fraction of sp³-hybridized carbons (Fsp3) is 0.577. The lowest BCUT2D eigenvalue weighted by molar-refractivity contribution is -0.133. The van der Waals surface area contributed by atoms with Crippen LogP contribution in [-0.4, -0.2) is 11.5 Å². The van der Waals surface area contributed by atoms with Crippen LogP contribution in [0.1, 0.15) is 83.6 Å². The molecule has 2 saturated carbocycles. The molecule has 0 saturated heterocycles. The number of unbranched alkanes of at least 4 members (excludes halogenated alkanes) is 1. The molecule has 0 N–H and O–H groups in total. The first-order valence-corrected chi connectivity index (χ1v) is 10.9. The third-order valence-corrected chi connectivity index (χ3v) is 7.04. The quantitative estimate of drug-likeness (QED) is 0.301. The molecule has 1 nitrogen and oxygen atoms in total. The van der Waals surface area contributed by atoms with E-state index in [-0.39, 0.29) is 5.92 Å². The van der Waals surface area contributed by atoms with Crippen molar-refractivity contribution in [3.05, 3.63) is 47.5 Å². The van der Waals surface area contributed by atoms with Crippen molar-refractivity contribution in [2.45, 2.75) is 83.7 Å². The molecule has 0 heterocycles. The molecular weight excluding hydrogens is 347 g/mol. The zero-order chi connectivity index (χ0) is 20.0. The Kier molecular flexibility index (Phi) is 6.76. The van der Waals surface area contributed by atoms with Gasteiger partial charge in [0.2, 0.25) is 0 Å². The molecule has 0 amide bonds. The number of allylic oxidation sites excluding steroid dienone is 2. The van der Waals surface area contributed by atoms with Crippen LogP contribution in [0.5, 0.6) is 0 Å². The standard InChI is InChI=1S/C26H33FO/c1-21(11-5-3-6-13-22-14-7-4-8-15-22)12-9-19-26(27)20-17-23-24(28)16-10-18-25(23,26)2/h4,7-8,11,14-15,23H,3,5,9-10,12,16-20H2,1-2H3/b21-11-. The molecule has 1 aromatic carbocycles. The van der Waals surface area contributed by atoms with Gasteiger partial charge in [-0.2, -0.15) is 0 Å². The van der Waals surface area contributed by atoms with Gasteiger partial charge in [-0.25, -0.2) is 4.39 Å². The molecule has 28 heavy (non-hydrogen) atoms. The van der Waals surface area contributed by atoms with Crippen LogP contribution in [0.2, 0.25) is 0 Å². The van der Waals surface area contributed by atoms with E-state index in [2.05, 4.69) is 24.8 Å². The Hall–Kier alpha value is -1.88. The topological polar surface area (TPSA) is 17.1 Å². The molecule has 0 aromatic heterocycles. The molecule has 150 valence electrons. The molecule has 0 aliphatic heterocycles. The maximum atomic E-state index is 15.8. The number of ketones is 1. The summed E-state index contributed by atoms with van der Waals surface area (Å²) in [4.78, 5) is 12.2. The van der Waals surface area contributed by atoms with Gasteiger partial charge in [0.05, 0.1) is 0 Å². The van der Waals surface area contributed by atoms with E-state index in [1.165, 1.54) is 5.57 Å². The molecule has 2 aliphatic rings. The second-order valence-electron chi connectivity index (χ2n) is 8.90. The Morgan fingerprint density at radius 2 is 2.07 bits per heavy atom. The molecule has 2 aliphatic carbocycles. The summed E-state index contributed by atoms with van der Waals surface area (Å²) < 4.78 is 15.8. The summed E-state index contributed by atoms with van der Waals surface area (Å²) in [6, 6.07) is 10.0. The van der Waals surface area contributed by atoms with Crippen LogP contribution in [-0.2, 0) is 4.79 Å². The van der Waals surface area contributed by atoms with Crippen LogP contribution in [0.4, 0.5) is 4.39 Å². The van der Waals surface area contributed by atoms with Gasteiger partial charge in [0.25, 0.3) is 0 Å². The van der Waals surface area contributed by atoms with E-state index in [1.54, 1.807) is 0 Å². The van der Waals surface area contributed by atoms with Crippen molar-refractivity contribution in [1.29, 1.82) is 0 Å². The van der Waals surface area contributed by atoms with Gasteiger partial charge in [-0.3, -0.25) is 4.79 Å². The highest BCUT2D eigenvalue weighted by Crippen LogP contribution is 2.60. The summed E-state index contributed by atoms with van der Waals surface area (Å²) in [5.74, 6) is 6.67. The van der Waals surface area contributed by atoms with E-state index in [0.717, 1.165) is 50.5 Å². The van der Waals surface area contributed by atoms with Crippen LogP contribution >= 0.6 is 0 Å². The number of benzene rings is 1. The second-order valence-corrected chi connectivity index (χ2v) is 8.90. The number of alkyl halides is 1. The summed E-state index contributed by atoms with van der Waals surface area (Å²) in [6.45, 7) is 4.18. The number of carbonyl (C=O) groups is 1. The highest BCUT2D eigenvalue weighted by molar-refractivity contribution is 5.83. The summed E-state index contributed by atoms with van der Waals surface area (Å²) in [5.41, 5.74) is 0.799. The average molecular weight is 381 g/mol. The molecule has 0 radical (unpaired) electrons. The number of Topliss-reactive ketones (excluding diaryl/α,β-unsaturated/α-hetero) is 1. The van der Waals surface area contributed by atoms with Crippen LogP contribution in [0.3, 0.4) is 0 Å². The van der Waals surface area contributed by atoms with E-state index < -0.39 is 11.1 Å². The van der Waals surface area contributed by atoms with Crippen molar-refractivity contribution in [2.24, 2.45) is 11.3 Å². The average Bonchev–Trinajstić information content (AvgIpc) is 2.95. The fourth-order valence-electron chi connectivity index (χ4n) is 5.24. The SMILES string of the molecule is C/C(=C/CCC#Cc1ccccc1)CCCC1(F)CCC2C(=O)CCCC21C. The predicted molar refractivity (Wildman–Crippen MR) is 114 cm³/mol. The Bertz CT molecular complexity index is 769. The number of fused-ring (bicyclic) bond motifs is 1. The molecular formula is C26H33FO. The molecule has 3 atom stereocenters. The van der Waals surface area contributed by atoms with Gasteiger partial charge >= 0.3 is 0 Å². The number of hydrogen-bond donors (Lipinski definition) is 0. The van der Waals surface area contributed by atoms with Crippen molar-refractivity contribution in [3.63, 3.8) is 0 Å². The lowest BCUT2D eigenvalue weighted by Crippen LogP contribution is -2.46. The van der Waals surface area contributed by atoms with Gasteiger partial charge in [-0.1, -0.05) is 48.6 Å². The molecule has 1 aromatic rings. The number of rotatable bonds is 6. The monoisotopic (exact) mass is 380 g/mol. The summed E-state index contributed by atoms with van der Waals surface area (Å²) >= 11 is 0. The minimum Gasteiger partial charge on any atom is -0.299 e. The largest absolute Gasteiger partial charge is 0.299 e. The van der Waals surface area contributed by atoms with Crippen molar-refractivity contribution in [3.8, 4) is 11.8 Å². The van der Waals surface area contributed by atoms with Gasteiger partial charge < -0.3 is 0 Å². The smallest absolute Gasteiger partial charge is 0.136 e. The van der Waals surface area contributed by atoms with Crippen LogP contribution < -0.4 is 0 Å². The zero-order valence-corrected chi connectivity index (χ0v) is 17.4. The van der Waals surface area contributed by atoms with E-state index in [0.29, 0.717) is 25.0 Å². The lowest BCUT2D eigenvalue weighted by atomic mass is 9.62. The third-order valence-electron chi connectivity index (χ3n) is 7.04. The molecule has 3 unspecified atom stereocenters. The molecule has 0 bridgehead atoms. The first-order chi connectivity index (χ1) is 13.4. The minimum atomic E-state index is -1.16. The Morgan fingerprint density at radius 1 is 1.29 bits per heavy atom. The number of hydrogen-bond acceptors (Lipinski definition) is 1. The van der Waals surface area contributed by atoms with Crippen LogP contribution in [0.25, 0.3) is 0 Å². The number of carbonyl (C=O) groups excluding carboxylic acids is 1. The van der Waals surface area contributed by atoms with Crippen LogP contribution in [0, 0.1) is 23.2 Å². The van der Waals surface area contributed by atoms with Gasteiger partial charge in [0, 0.05) is 29.7 Å². The zero-order valence-electron chi connectivity index (χ0n) is 17.4. The molecule has 2 heteroatoms. The van der Waals surface area contributed by atoms with Crippen molar-refractivity contribution in [2.75, 3.05) is 0 Å². The van der Waals surface area contributed by atoms with Gasteiger partial charge in [0.1, 0.15) is 11.5 Å². The van der Waals surface area contributed by atoms with E-state index >= 15 is 4.39 Å². The van der Waals surface area contributed by atoms with Crippen molar-refractivity contribution in [1.82, 2.24) is 0 Å². The summed E-state index contributed by atoms with van der Waals surface area (Å²) in [5, 5.41) is 0. The minimum absolute atomic E-state index is 0.0360. The maximum Gasteiger partial charge on any atom is 0.136 e. The third kappa shape index (κ3) is 4.57. The fourth-order valence-corrected chi connectivity index (χ4v) is 5.24. The normalized spacial score (nSPS) is 29.9. The van der Waals surface area contributed by atoms with Gasteiger partial charge in [-0.15, -0.1) is 0 Å². The lowest BCUT2D eigenvalue weighted by Gasteiger charge is -2.43. The Labute approximate surface area is 169 Å². The van der Waals surface area contributed by atoms with E-state index in [4.69, 9.17) is 0 Å². The summed E-state index contributed by atoms with van der Waals surface area (Å²) in [7, 11) is 0. The van der Waals surface area contributed by atoms with Gasteiger partial charge in [-0.05, 0) is 70.4 Å². The molecule has 3 rings (SSSR count). The van der Waals surface area contributed by atoms with Crippen molar-refractivity contribution >= 4 is 5.78 Å². The van der Waals surface area contributed by atoms with E-state index in [1.807, 2.05) is 37.3 Å². The van der Waals surface area contributed by atoms with Crippen LogP contribution in [0.15, 0.2) is 42.0 Å². The second kappa shape index (κ2) is 9.08. The highest BCUT2D eigenvalue weighted by Gasteiger charge is 2.60. The number of halogens is 1. The molecule has 2 fully saturated rings. The highest BCUT2D eigenvalue weighted by atomic mass is 19.1. The first-order valence-electron chi connectivity index (χ1n) is 10.9. The maximum absolute atomic E-state index is 15.8. The predicted octanol–water partition coefficient (Wildman–Crippen LogP) is 6.81. The Morgan fingerprint density at radius 3 is 2.86 bits per heavy atom. The van der Waals surface area contributed by atoms with Gasteiger partial charge in [0.15, 0.2) is 0 Å².